The van der Waals surface area contributed by atoms with Crippen LogP contribution in [-0.2, 0) is 0 Å². The molecule has 274 valence electrons. The van der Waals surface area contributed by atoms with E-state index in [2.05, 4.69) is 226 Å². The van der Waals surface area contributed by atoms with Crippen LogP contribution >= 0.6 is 0 Å². The summed E-state index contributed by atoms with van der Waals surface area (Å²) in [6.45, 7) is 0. The fourth-order valence-electron chi connectivity index (χ4n) is 9.10. The van der Waals surface area contributed by atoms with E-state index in [0.717, 1.165) is 55.7 Å². The summed E-state index contributed by atoms with van der Waals surface area (Å²) in [6, 6.07) is 65.6. The van der Waals surface area contributed by atoms with Crippen molar-refractivity contribution in [3.05, 3.63) is 182 Å². The third-order valence-electron chi connectivity index (χ3n) is 12.7. The SMILES string of the molecule is Bc1c(B)c(B)c(-c2ccc(N(c3ccc(-c4cccc5ccccc45)cc3)c3cccc4c3oc3c(-c5ccccc5)cc(-c5ccccc5)cc34)cc2)c(B)c1B. The normalized spacial score (nSPS) is 11.4. The van der Waals surface area contributed by atoms with Gasteiger partial charge >= 0.3 is 0 Å². The quantitative estimate of drug-likeness (QED) is 0.182. The predicted molar refractivity (Wildman–Crippen MR) is 269 cm³/mol. The van der Waals surface area contributed by atoms with Gasteiger partial charge in [-0.3, -0.25) is 0 Å². The maximum absolute atomic E-state index is 7.15. The second-order valence-corrected chi connectivity index (χ2v) is 15.8. The summed E-state index contributed by atoms with van der Waals surface area (Å²) in [5.74, 6) is 0. The molecule has 0 aliphatic rings. The van der Waals surface area contributed by atoms with E-state index >= 15 is 0 Å². The van der Waals surface area contributed by atoms with Crippen LogP contribution in [0.2, 0.25) is 0 Å². The topological polar surface area (TPSA) is 16.4 Å². The number of furan rings is 1. The molecule has 0 aliphatic carbocycles. The molecule has 0 unspecified atom stereocenters. The Morgan fingerprint density at radius 1 is 0.339 bits per heavy atom. The molecule has 9 aromatic carbocycles. The summed E-state index contributed by atoms with van der Waals surface area (Å²) in [4.78, 5) is 2.35. The largest absolute Gasteiger partial charge is 0.453 e. The van der Waals surface area contributed by atoms with E-state index in [1.165, 1.54) is 65.9 Å². The molecule has 1 heterocycles. The molecule has 0 amide bonds. The molecule has 59 heavy (non-hydrogen) atoms. The molecule has 0 fully saturated rings. The summed E-state index contributed by atoms with van der Waals surface area (Å²) in [7, 11) is 11.3. The van der Waals surface area contributed by atoms with Crippen LogP contribution in [0.3, 0.4) is 0 Å². The van der Waals surface area contributed by atoms with Gasteiger partial charge in [-0.15, -0.1) is 16.4 Å². The van der Waals surface area contributed by atoms with Crippen LogP contribution in [0, 0.1) is 0 Å². The number of nitrogens with zero attached hydrogens (tertiary/aromatic N) is 1. The summed E-state index contributed by atoms with van der Waals surface area (Å²) < 4.78 is 7.15. The van der Waals surface area contributed by atoms with Crippen LogP contribution in [0.5, 0.6) is 0 Å². The zero-order valence-corrected chi connectivity index (χ0v) is 34.2. The zero-order valence-electron chi connectivity index (χ0n) is 34.2. The van der Waals surface area contributed by atoms with Gasteiger partial charge in [0.1, 0.15) is 44.8 Å². The van der Waals surface area contributed by atoms with Crippen LogP contribution in [0.15, 0.2) is 186 Å². The highest BCUT2D eigenvalue weighted by atomic mass is 16.3. The third-order valence-corrected chi connectivity index (χ3v) is 12.7. The molecule has 1 aromatic heterocycles. The Morgan fingerprint density at radius 3 is 1.54 bits per heavy atom. The Labute approximate surface area is 350 Å². The first-order chi connectivity index (χ1) is 28.9. The molecular weight excluding hydrogens is 709 g/mol. The second-order valence-electron chi connectivity index (χ2n) is 15.8. The number of hydrogen-bond acceptors (Lipinski definition) is 2. The summed E-state index contributed by atoms with van der Waals surface area (Å²) in [6.07, 6.45) is 0. The minimum absolute atomic E-state index is 0.851. The maximum atomic E-state index is 7.15. The molecule has 0 saturated carbocycles. The van der Waals surface area contributed by atoms with E-state index in [1.54, 1.807) is 0 Å². The number of rotatable bonds is 7. The Morgan fingerprint density at radius 2 is 0.864 bits per heavy atom. The highest BCUT2D eigenvalue weighted by Gasteiger charge is 2.23. The van der Waals surface area contributed by atoms with Crippen LogP contribution in [0.1, 0.15) is 0 Å². The van der Waals surface area contributed by atoms with Crippen molar-refractivity contribution in [3.8, 4) is 44.5 Å². The fourth-order valence-corrected chi connectivity index (χ4v) is 9.10. The van der Waals surface area contributed by atoms with Crippen molar-refractivity contribution in [1.82, 2.24) is 0 Å². The van der Waals surface area contributed by atoms with Crippen molar-refractivity contribution in [1.29, 1.82) is 0 Å². The average Bonchev–Trinajstić information content (AvgIpc) is 3.68. The van der Waals surface area contributed by atoms with E-state index in [4.69, 9.17) is 4.42 Å². The number of anilines is 3. The lowest BCUT2D eigenvalue weighted by Crippen LogP contribution is -2.55. The summed E-state index contributed by atoms with van der Waals surface area (Å²) >= 11 is 0. The summed E-state index contributed by atoms with van der Waals surface area (Å²) in [5.41, 5.74) is 21.1. The Bertz CT molecular complexity index is 3160. The van der Waals surface area contributed by atoms with Gasteiger partial charge in [-0.25, -0.2) is 0 Å². The molecule has 10 aromatic rings. The number of hydrogen-bond donors (Lipinski definition) is 0. The van der Waals surface area contributed by atoms with E-state index in [0.29, 0.717) is 0 Å². The van der Waals surface area contributed by atoms with E-state index in [9.17, 15) is 0 Å². The smallest absolute Gasteiger partial charge is 0.159 e. The summed E-state index contributed by atoms with van der Waals surface area (Å²) in [5, 5.41) is 4.67. The van der Waals surface area contributed by atoms with Gasteiger partial charge in [0.05, 0.1) is 5.69 Å². The Kier molecular flexibility index (Phi) is 9.18. The predicted octanol–water partition coefficient (Wildman–Crippen LogP) is 6.17. The van der Waals surface area contributed by atoms with Crippen LogP contribution in [0.4, 0.5) is 17.1 Å². The van der Waals surface area contributed by atoms with Gasteiger partial charge in [-0.05, 0) is 92.2 Å². The minimum atomic E-state index is 0.851. The van der Waals surface area contributed by atoms with Gasteiger partial charge in [-0.2, -0.15) is 0 Å². The van der Waals surface area contributed by atoms with Gasteiger partial charge in [0.15, 0.2) is 5.58 Å². The number of fused-ring (bicyclic) bond motifs is 4. The molecule has 0 radical (unpaired) electrons. The van der Waals surface area contributed by atoms with Crippen LogP contribution in [-0.4, -0.2) is 39.2 Å². The maximum Gasteiger partial charge on any atom is 0.159 e. The molecule has 0 spiro atoms. The monoisotopic (exact) mass is 749 g/mol. The van der Waals surface area contributed by atoms with Crippen molar-refractivity contribution < 1.29 is 4.42 Å². The first-order valence-corrected chi connectivity index (χ1v) is 20.5. The van der Waals surface area contributed by atoms with Crippen molar-refractivity contribution in [2.75, 3.05) is 4.90 Å². The molecule has 0 aliphatic heterocycles. The number of benzene rings is 9. The van der Waals surface area contributed by atoms with Gasteiger partial charge in [-0.1, -0.05) is 150 Å². The molecule has 2 nitrogen and oxygen atoms in total. The highest BCUT2D eigenvalue weighted by Crippen LogP contribution is 2.46. The Hall–Kier alpha value is -6.84. The number of para-hydroxylation sites is 1. The van der Waals surface area contributed by atoms with E-state index < -0.39 is 0 Å². The lowest BCUT2D eigenvalue weighted by atomic mass is 9.60. The molecule has 0 saturated heterocycles. The molecule has 0 bridgehead atoms. The first-order valence-electron chi connectivity index (χ1n) is 20.5. The molecule has 7 heteroatoms. The van der Waals surface area contributed by atoms with Crippen LogP contribution < -0.4 is 32.2 Å². The lowest BCUT2D eigenvalue weighted by molar-refractivity contribution is 0.670. The molecular formula is C52H40B5NO. The first kappa shape index (κ1) is 36.5. The minimum Gasteiger partial charge on any atom is -0.453 e. The average molecular weight is 749 g/mol. The second kappa shape index (κ2) is 14.8. The molecule has 0 N–H and O–H groups in total. The Balaban J connectivity index is 1.18. The van der Waals surface area contributed by atoms with Gasteiger partial charge < -0.3 is 9.32 Å². The standard InChI is InChI=1S/C52H40B5NO/c53-46-45(47(54)49(56)50(57)48(46)55)35-23-27-38(28-24-35)58(37-25-21-34(22-26-37)40-18-9-16-32-15-7-8-17-39(32)40)44-20-10-19-41-43-30-36(31-11-3-1-4-12-31)29-42(51(43)59-52(41)44)33-13-5-2-6-14-33/h1-30H,53-57H2. The van der Waals surface area contributed by atoms with Crippen molar-refractivity contribution in [2.45, 2.75) is 0 Å². The van der Waals surface area contributed by atoms with Crippen molar-refractivity contribution in [3.63, 3.8) is 0 Å². The molecule has 0 atom stereocenters. The van der Waals surface area contributed by atoms with Gasteiger partial charge in [0, 0.05) is 27.7 Å². The van der Waals surface area contributed by atoms with Gasteiger partial charge in [0.25, 0.3) is 0 Å². The van der Waals surface area contributed by atoms with Gasteiger partial charge in [0.2, 0.25) is 0 Å². The molecule has 10 rings (SSSR count). The fraction of sp³-hybridized carbons (Fsp3) is 0. The zero-order chi connectivity index (χ0) is 40.2. The van der Waals surface area contributed by atoms with E-state index in [-0.39, 0.29) is 0 Å². The van der Waals surface area contributed by atoms with Crippen LogP contribution in [0.25, 0.3) is 77.2 Å². The lowest BCUT2D eigenvalue weighted by Gasteiger charge is -2.26. The van der Waals surface area contributed by atoms with Crippen molar-refractivity contribution in [2.24, 2.45) is 0 Å². The highest BCUT2D eigenvalue weighted by molar-refractivity contribution is 6.68. The van der Waals surface area contributed by atoms with Crippen molar-refractivity contribution >= 4 is 116 Å². The van der Waals surface area contributed by atoms with E-state index in [1.807, 2.05) is 0 Å². The third kappa shape index (κ3) is 6.30.